The van der Waals surface area contributed by atoms with Crippen molar-refractivity contribution in [1.29, 1.82) is 0 Å². The van der Waals surface area contributed by atoms with Crippen molar-refractivity contribution in [2.24, 2.45) is 0 Å². The van der Waals surface area contributed by atoms with E-state index in [0.717, 1.165) is 13.0 Å². The van der Waals surface area contributed by atoms with Gasteiger partial charge in [-0.05, 0) is 26.8 Å². The zero-order chi connectivity index (χ0) is 10.4. The van der Waals surface area contributed by atoms with Crippen molar-refractivity contribution in [3.8, 4) is 0 Å². The summed E-state index contributed by atoms with van der Waals surface area (Å²) in [5, 5.41) is 0. The van der Waals surface area contributed by atoms with Gasteiger partial charge < -0.3 is 4.74 Å². The third-order valence-corrected chi connectivity index (χ3v) is 2.56. The molecule has 0 aromatic carbocycles. The second-order valence-corrected chi connectivity index (χ2v) is 3.29. The summed E-state index contributed by atoms with van der Waals surface area (Å²) in [5.74, 6) is -0.151. The molecule has 0 spiro atoms. The molecule has 2 atom stereocenters. The number of hydrogen-bond acceptors (Lipinski definition) is 3. The van der Waals surface area contributed by atoms with Crippen molar-refractivity contribution in [2.45, 2.75) is 46.2 Å². The van der Waals surface area contributed by atoms with Crippen LogP contribution in [0.15, 0.2) is 0 Å². The Morgan fingerprint density at radius 3 is 2.23 bits per heavy atom. The lowest BCUT2D eigenvalue weighted by molar-refractivity contribution is -0.147. The van der Waals surface area contributed by atoms with E-state index in [4.69, 9.17) is 4.74 Å². The molecule has 13 heavy (non-hydrogen) atoms. The van der Waals surface area contributed by atoms with Crippen LogP contribution in [0.5, 0.6) is 0 Å². The van der Waals surface area contributed by atoms with Gasteiger partial charge in [-0.2, -0.15) is 0 Å². The SMILES string of the molecule is CCC(C)N(CC)C(C)C(=O)OC. The molecular formula is C10H21NO2. The molecule has 3 heteroatoms. The van der Waals surface area contributed by atoms with Gasteiger partial charge in [0.25, 0.3) is 0 Å². The van der Waals surface area contributed by atoms with Crippen molar-refractivity contribution >= 4 is 5.97 Å². The Hall–Kier alpha value is -0.570. The number of carbonyl (C=O) groups excluding carboxylic acids is 1. The van der Waals surface area contributed by atoms with Crippen LogP contribution in [0, 0.1) is 0 Å². The molecule has 0 amide bonds. The zero-order valence-corrected chi connectivity index (χ0v) is 9.33. The van der Waals surface area contributed by atoms with Gasteiger partial charge in [-0.25, -0.2) is 0 Å². The second-order valence-electron chi connectivity index (χ2n) is 3.29. The van der Waals surface area contributed by atoms with Gasteiger partial charge in [0.1, 0.15) is 6.04 Å². The summed E-state index contributed by atoms with van der Waals surface area (Å²) < 4.78 is 4.71. The topological polar surface area (TPSA) is 29.5 Å². The van der Waals surface area contributed by atoms with E-state index in [1.165, 1.54) is 7.11 Å². The number of esters is 1. The fraction of sp³-hybridized carbons (Fsp3) is 0.900. The third-order valence-electron chi connectivity index (χ3n) is 2.56. The van der Waals surface area contributed by atoms with Crippen LogP contribution < -0.4 is 0 Å². The minimum absolute atomic E-state index is 0.134. The summed E-state index contributed by atoms with van der Waals surface area (Å²) in [4.78, 5) is 13.4. The quantitative estimate of drug-likeness (QED) is 0.613. The highest BCUT2D eigenvalue weighted by Crippen LogP contribution is 2.09. The maximum absolute atomic E-state index is 11.3. The van der Waals surface area contributed by atoms with Crippen LogP contribution in [0.2, 0.25) is 0 Å². The van der Waals surface area contributed by atoms with Gasteiger partial charge >= 0.3 is 5.97 Å². The normalized spacial score (nSPS) is 15.5. The van der Waals surface area contributed by atoms with Gasteiger partial charge in [-0.1, -0.05) is 13.8 Å². The van der Waals surface area contributed by atoms with Crippen molar-refractivity contribution in [3.63, 3.8) is 0 Å². The highest BCUT2D eigenvalue weighted by atomic mass is 16.5. The summed E-state index contributed by atoms with van der Waals surface area (Å²) in [6.07, 6.45) is 1.05. The smallest absolute Gasteiger partial charge is 0.322 e. The molecule has 0 aliphatic rings. The lowest BCUT2D eigenvalue weighted by Crippen LogP contribution is -2.44. The lowest BCUT2D eigenvalue weighted by atomic mass is 10.1. The Bertz CT molecular complexity index is 159. The summed E-state index contributed by atoms with van der Waals surface area (Å²) in [7, 11) is 1.43. The van der Waals surface area contributed by atoms with E-state index in [1.54, 1.807) is 0 Å². The molecule has 0 aromatic heterocycles. The number of hydrogen-bond donors (Lipinski definition) is 0. The van der Waals surface area contributed by atoms with E-state index in [9.17, 15) is 4.79 Å². The lowest BCUT2D eigenvalue weighted by Gasteiger charge is -2.31. The van der Waals surface area contributed by atoms with E-state index in [1.807, 2.05) is 6.92 Å². The average Bonchev–Trinajstić information content (AvgIpc) is 2.17. The highest BCUT2D eigenvalue weighted by Gasteiger charge is 2.23. The second kappa shape index (κ2) is 5.97. The number of nitrogens with zero attached hydrogens (tertiary/aromatic N) is 1. The Morgan fingerprint density at radius 1 is 1.38 bits per heavy atom. The molecule has 0 bridgehead atoms. The Labute approximate surface area is 81.1 Å². The Balaban J connectivity index is 4.30. The van der Waals surface area contributed by atoms with Crippen molar-refractivity contribution in [2.75, 3.05) is 13.7 Å². The van der Waals surface area contributed by atoms with Crippen LogP contribution in [-0.4, -0.2) is 36.6 Å². The molecule has 0 rings (SSSR count). The van der Waals surface area contributed by atoms with Crippen LogP contribution in [0.3, 0.4) is 0 Å². The predicted molar refractivity (Wildman–Crippen MR) is 53.6 cm³/mol. The van der Waals surface area contributed by atoms with E-state index < -0.39 is 0 Å². The van der Waals surface area contributed by atoms with Gasteiger partial charge in [0.05, 0.1) is 7.11 Å². The molecule has 0 aromatic rings. The Morgan fingerprint density at radius 2 is 1.92 bits per heavy atom. The van der Waals surface area contributed by atoms with Crippen LogP contribution in [0.25, 0.3) is 0 Å². The molecule has 0 aliphatic heterocycles. The van der Waals surface area contributed by atoms with Crippen LogP contribution in [0.1, 0.15) is 34.1 Å². The molecule has 0 aliphatic carbocycles. The van der Waals surface area contributed by atoms with E-state index in [0.29, 0.717) is 6.04 Å². The number of carbonyl (C=O) groups is 1. The standard InChI is InChI=1S/C10H21NO2/c1-6-8(3)11(7-2)9(4)10(12)13-5/h8-9H,6-7H2,1-5H3. The van der Waals surface area contributed by atoms with Gasteiger partial charge in [0.15, 0.2) is 0 Å². The summed E-state index contributed by atoms with van der Waals surface area (Å²) >= 11 is 0. The van der Waals surface area contributed by atoms with Crippen molar-refractivity contribution in [3.05, 3.63) is 0 Å². The van der Waals surface area contributed by atoms with Crippen LogP contribution in [-0.2, 0) is 9.53 Å². The molecule has 0 radical (unpaired) electrons. The Kier molecular flexibility index (Phi) is 5.71. The molecule has 2 unspecified atom stereocenters. The highest BCUT2D eigenvalue weighted by molar-refractivity contribution is 5.75. The van der Waals surface area contributed by atoms with Gasteiger partial charge in [0.2, 0.25) is 0 Å². The first-order valence-corrected chi connectivity index (χ1v) is 4.91. The largest absolute Gasteiger partial charge is 0.468 e. The minimum atomic E-state index is -0.151. The number of likely N-dealkylation sites (N-methyl/N-ethyl adjacent to an activating group) is 1. The molecule has 0 saturated heterocycles. The van der Waals surface area contributed by atoms with Crippen LogP contribution >= 0.6 is 0 Å². The first-order chi connectivity index (χ1) is 6.08. The monoisotopic (exact) mass is 187 g/mol. The molecule has 0 N–H and O–H groups in total. The number of methoxy groups -OCH3 is 1. The van der Waals surface area contributed by atoms with E-state index in [-0.39, 0.29) is 12.0 Å². The molecule has 0 heterocycles. The van der Waals surface area contributed by atoms with Crippen LogP contribution in [0.4, 0.5) is 0 Å². The molecule has 0 fully saturated rings. The zero-order valence-electron chi connectivity index (χ0n) is 9.33. The van der Waals surface area contributed by atoms with E-state index in [2.05, 4.69) is 25.7 Å². The maximum atomic E-state index is 11.3. The first-order valence-electron chi connectivity index (χ1n) is 4.91. The fourth-order valence-corrected chi connectivity index (χ4v) is 1.51. The summed E-state index contributed by atoms with van der Waals surface area (Å²) in [6.45, 7) is 9.08. The molecule has 78 valence electrons. The van der Waals surface area contributed by atoms with Gasteiger partial charge in [-0.3, -0.25) is 9.69 Å². The number of rotatable bonds is 5. The summed E-state index contributed by atoms with van der Waals surface area (Å²) in [5.41, 5.74) is 0. The first kappa shape index (κ1) is 12.4. The third kappa shape index (κ3) is 3.35. The van der Waals surface area contributed by atoms with Gasteiger partial charge in [0, 0.05) is 6.04 Å². The van der Waals surface area contributed by atoms with Crippen molar-refractivity contribution in [1.82, 2.24) is 4.90 Å². The number of ether oxygens (including phenoxy) is 1. The van der Waals surface area contributed by atoms with E-state index >= 15 is 0 Å². The minimum Gasteiger partial charge on any atom is -0.468 e. The maximum Gasteiger partial charge on any atom is 0.322 e. The molecular weight excluding hydrogens is 166 g/mol. The molecule has 0 saturated carbocycles. The van der Waals surface area contributed by atoms with Gasteiger partial charge in [-0.15, -0.1) is 0 Å². The molecule has 3 nitrogen and oxygen atoms in total. The average molecular weight is 187 g/mol. The fourth-order valence-electron chi connectivity index (χ4n) is 1.51. The summed E-state index contributed by atoms with van der Waals surface area (Å²) in [6, 6.07) is 0.295. The predicted octanol–water partition coefficient (Wildman–Crippen LogP) is 1.67. The van der Waals surface area contributed by atoms with Crippen molar-refractivity contribution < 1.29 is 9.53 Å².